The maximum Gasteiger partial charge on any atom is 0.405 e. The van der Waals surface area contributed by atoms with Gasteiger partial charge in [0, 0.05) is 30.8 Å². The normalized spacial score (nSPS) is 20.4. The second-order valence-corrected chi connectivity index (χ2v) is 17.3. The van der Waals surface area contributed by atoms with Crippen molar-refractivity contribution in [3.8, 4) is 0 Å². The molecule has 3 aromatic heterocycles. The standard InChI is InChI=1S/C29H43N5O4Si/c1-18(2)21-17-37-25-10-9-20(32-26(21)25)13-31-22-14-30-12-11-24(22)34-15-19(3)27(23(16-34)33-28(35)36)38-39(7,8)29(4,5)6/h9-12,14,17-19,23,27,31,33H,13,15-16H2,1-8H3,(H,35,36)/t19-,23+,27+/m0/s1. The zero-order valence-corrected chi connectivity index (χ0v) is 25.4. The monoisotopic (exact) mass is 553 g/mol. The van der Waals surface area contributed by atoms with Gasteiger partial charge in [0.1, 0.15) is 5.52 Å². The van der Waals surface area contributed by atoms with Crippen LogP contribution in [0, 0.1) is 5.92 Å². The van der Waals surface area contributed by atoms with Crippen molar-refractivity contribution in [2.75, 3.05) is 23.3 Å². The fourth-order valence-electron chi connectivity index (χ4n) is 4.93. The number of hydrogen-bond acceptors (Lipinski definition) is 7. The maximum atomic E-state index is 11.8. The Bertz CT molecular complexity index is 1300. The highest BCUT2D eigenvalue weighted by atomic mass is 28.4. The van der Waals surface area contributed by atoms with E-state index >= 15 is 0 Å². The number of hydrogen-bond donors (Lipinski definition) is 3. The first-order chi connectivity index (χ1) is 18.3. The number of nitrogens with zero attached hydrogens (tertiary/aromatic N) is 3. The van der Waals surface area contributed by atoms with Gasteiger partial charge in [-0.3, -0.25) is 4.98 Å². The van der Waals surface area contributed by atoms with Crippen LogP contribution < -0.4 is 15.5 Å². The molecule has 0 unspecified atom stereocenters. The fourth-order valence-corrected chi connectivity index (χ4v) is 6.36. The van der Waals surface area contributed by atoms with E-state index in [-0.39, 0.29) is 23.1 Å². The van der Waals surface area contributed by atoms with Crippen LogP contribution in [-0.2, 0) is 11.0 Å². The summed E-state index contributed by atoms with van der Waals surface area (Å²) in [6.45, 7) is 19.2. The third kappa shape index (κ3) is 6.38. The Morgan fingerprint density at radius 3 is 2.67 bits per heavy atom. The lowest BCUT2D eigenvalue weighted by atomic mass is 9.92. The zero-order valence-electron chi connectivity index (χ0n) is 24.4. The van der Waals surface area contributed by atoms with Gasteiger partial charge in [0.15, 0.2) is 13.9 Å². The molecule has 1 aliphatic rings. The van der Waals surface area contributed by atoms with Gasteiger partial charge in [-0.25, -0.2) is 9.78 Å². The number of nitrogens with one attached hydrogen (secondary N) is 2. The summed E-state index contributed by atoms with van der Waals surface area (Å²) < 4.78 is 12.5. The molecule has 39 heavy (non-hydrogen) atoms. The zero-order chi connectivity index (χ0) is 28.5. The van der Waals surface area contributed by atoms with E-state index in [0.29, 0.717) is 19.0 Å². The van der Waals surface area contributed by atoms with Gasteiger partial charge < -0.3 is 29.5 Å². The Morgan fingerprint density at radius 1 is 1.26 bits per heavy atom. The lowest BCUT2D eigenvalue weighted by molar-refractivity contribution is 0.0722. The maximum absolute atomic E-state index is 11.8. The summed E-state index contributed by atoms with van der Waals surface area (Å²) in [6, 6.07) is 5.55. The molecule has 1 amide bonds. The Labute approximate surface area is 232 Å². The van der Waals surface area contributed by atoms with Gasteiger partial charge in [-0.15, -0.1) is 0 Å². The van der Waals surface area contributed by atoms with Gasteiger partial charge in [0.25, 0.3) is 0 Å². The molecule has 9 nitrogen and oxygen atoms in total. The average molecular weight is 554 g/mol. The van der Waals surface area contributed by atoms with E-state index in [9.17, 15) is 9.90 Å². The SMILES string of the molecule is CC(C)c1coc2ccc(CNc3cnccc3N3C[C@H](C)[C@@H](O[Si](C)(C)C(C)(C)C)[C@H](NC(=O)O)C3)nc12. The number of piperidine rings is 1. The molecule has 0 aromatic carbocycles. The smallest absolute Gasteiger partial charge is 0.405 e. The Hall–Kier alpha value is -3.11. The quantitative estimate of drug-likeness (QED) is 0.273. The van der Waals surface area contributed by atoms with Gasteiger partial charge in [-0.05, 0) is 42.2 Å². The molecular weight excluding hydrogens is 510 g/mol. The second kappa shape index (κ2) is 11.2. The van der Waals surface area contributed by atoms with Gasteiger partial charge in [-0.1, -0.05) is 41.5 Å². The number of fused-ring (bicyclic) bond motifs is 1. The Kier molecular flexibility index (Phi) is 8.27. The van der Waals surface area contributed by atoms with E-state index in [0.717, 1.165) is 40.3 Å². The van der Waals surface area contributed by atoms with Crippen molar-refractivity contribution in [1.29, 1.82) is 0 Å². The summed E-state index contributed by atoms with van der Waals surface area (Å²) in [7, 11) is -2.10. The highest BCUT2D eigenvalue weighted by Crippen LogP contribution is 2.40. The Balaban J connectivity index is 1.54. The van der Waals surface area contributed by atoms with Gasteiger partial charge in [0.05, 0.1) is 48.2 Å². The second-order valence-electron chi connectivity index (χ2n) is 12.5. The van der Waals surface area contributed by atoms with Gasteiger partial charge in [0.2, 0.25) is 0 Å². The van der Waals surface area contributed by atoms with Crippen molar-refractivity contribution in [1.82, 2.24) is 15.3 Å². The van der Waals surface area contributed by atoms with E-state index in [4.69, 9.17) is 13.8 Å². The van der Waals surface area contributed by atoms with Crippen LogP contribution in [0.1, 0.15) is 58.7 Å². The number of amides is 1. The molecule has 1 saturated heterocycles. The van der Waals surface area contributed by atoms with Crippen LogP contribution in [0.25, 0.3) is 11.1 Å². The average Bonchev–Trinajstić information content (AvgIpc) is 3.27. The van der Waals surface area contributed by atoms with Crippen LogP contribution in [-0.4, -0.2) is 54.7 Å². The molecule has 0 saturated carbocycles. The first kappa shape index (κ1) is 28.9. The van der Waals surface area contributed by atoms with E-state index in [1.165, 1.54) is 0 Å². The summed E-state index contributed by atoms with van der Waals surface area (Å²) in [4.78, 5) is 23.2. The van der Waals surface area contributed by atoms with Crippen molar-refractivity contribution in [2.45, 2.75) is 84.3 Å². The largest absolute Gasteiger partial charge is 0.465 e. The van der Waals surface area contributed by atoms with Crippen molar-refractivity contribution >= 4 is 36.9 Å². The van der Waals surface area contributed by atoms with Crippen molar-refractivity contribution in [2.24, 2.45) is 5.92 Å². The van der Waals surface area contributed by atoms with Gasteiger partial charge in [-0.2, -0.15) is 0 Å². The number of carbonyl (C=O) groups is 1. The molecule has 4 rings (SSSR count). The van der Waals surface area contributed by atoms with E-state index in [2.05, 4.69) is 75.2 Å². The molecule has 3 atom stereocenters. The molecule has 0 radical (unpaired) electrons. The lowest BCUT2D eigenvalue weighted by Gasteiger charge is -2.48. The number of anilines is 2. The summed E-state index contributed by atoms with van der Waals surface area (Å²) in [5.74, 6) is 0.440. The third-order valence-corrected chi connectivity index (χ3v) is 12.6. The number of furan rings is 1. The molecule has 1 fully saturated rings. The number of carboxylic acid groups (broad SMARTS) is 1. The molecular formula is C29H43N5O4Si. The number of aromatic nitrogens is 2. The predicted molar refractivity (Wildman–Crippen MR) is 158 cm³/mol. The third-order valence-electron chi connectivity index (χ3n) is 8.15. The molecule has 1 aliphatic heterocycles. The summed E-state index contributed by atoms with van der Waals surface area (Å²) in [6.07, 6.45) is 4.14. The molecule has 0 aliphatic carbocycles. The summed E-state index contributed by atoms with van der Waals surface area (Å²) in [5.41, 5.74) is 5.55. The molecule has 3 N–H and O–H groups in total. The number of rotatable bonds is 8. The minimum Gasteiger partial charge on any atom is -0.465 e. The van der Waals surface area contributed by atoms with Crippen LogP contribution in [0.3, 0.4) is 0 Å². The minimum atomic E-state index is -2.10. The van der Waals surface area contributed by atoms with Crippen LogP contribution in [0.5, 0.6) is 0 Å². The molecule has 212 valence electrons. The highest BCUT2D eigenvalue weighted by molar-refractivity contribution is 6.74. The summed E-state index contributed by atoms with van der Waals surface area (Å²) >= 11 is 0. The van der Waals surface area contributed by atoms with Crippen LogP contribution in [0.4, 0.5) is 16.2 Å². The predicted octanol–water partition coefficient (Wildman–Crippen LogP) is 6.44. The lowest BCUT2D eigenvalue weighted by Crippen LogP contribution is -2.62. The van der Waals surface area contributed by atoms with Crippen LogP contribution in [0.15, 0.2) is 41.3 Å². The first-order valence-corrected chi connectivity index (χ1v) is 16.6. The first-order valence-electron chi connectivity index (χ1n) is 13.7. The summed E-state index contributed by atoms with van der Waals surface area (Å²) in [5, 5.41) is 16.0. The molecule has 0 spiro atoms. The van der Waals surface area contributed by atoms with Crippen molar-refractivity contribution in [3.05, 3.63) is 48.1 Å². The Morgan fingerprint density at radius 2 is 2.00 bits per heavy atom. The molecule has 0 bridgehead atoms. The molecule has 10 heteroatoms. The highest BCUT2D eigenvalue weighted by Gasteiger charge is 2.45. The van der Waals surface area contributed by atoms with Crippen LogP contribution in [0.2, 0.25) is 18.1 Å². The van der Waals surface area contributed by atoms with E-state index < -0.39 is 14.4 Å². The topological polar surface area (TPSA) is 113 Å². The van der Waals surface area contributed by atoms with Crippen LogP contribution >= 0.6 is 0 Å². The van der Waals surface area contributed by atoms with E-state index in [1.807, 2.05) is 24.4 Å². The van der Waals surface area contributed by atoms with Crippen molar-refractivity contribution < 1.29 is 18.7 Å². The van der Waals surface area contributed by atoms with Gasteiger partial charge >= 0.3 is 6.09 Å². The van der Waals surface area contributed by atoms with Crippen molar-refractivity contribution in [3.63, 3.8) is 0 Å². The molecule has 4 heterocycles. The molecule has 3 aromatic rings. The minimum absolute atomic E-state index is 0.0310. The fraction of sp³-hybridized carbons (Fsp3) is 0.552. The number of pyridine rings is 2. The van der Waals surface area contributed by atoms with E-state index in [1.54, 1.807) is 12.5 Å².